The summed E-state index contributed by atoms with van der Waals surface area (Å²) in [6.07, 6.45) is 0. The second kappa shape index (κ2) is 6.13. The number of carboxylic acid groups (broad SMARTS) is 1. The highest BCUT2D eigenvalue weighted by atomic mass is 32.2. The summed E-state index contributed by atoms with van der Waals surface area (Å²) in [6.45, 7) is 3.05. The van der Waals surface area contributed by atoms with E-state index in [2.05, 4.69) is 9.46 Å². The van der Waals surface area contributed by atoms with Gasteiger partial charge in [-0.05, 0) is 25.3 Å². The molecule has 0 aromatic carbocycles. The molecule has 1 atom stereocenters. The highest BCUT2D eigenvalue weighted by Crippen LogP contribution is 2.22. The Morgan fingerprint density at radius 3 is 2.68 bits per heavy atom. The lowest BCUT2D eigenvalue weighted by Crippen LogP contribution is -2.39. The summed E-state index contributed by atoms with van der Waals surface area (Å²) >= 11 is 0.795. The number of nitrogens with one attached hydrogen (secondary N) is 1. The minimum absolute atomic E-state index is 0.129. The van der Waals surface area contributed by atoms with Crippen LogP contribution in [0.2, 0.25) is 0 Å². The Balaban J connectivity index is 2.96. The molecule has 0 saturated carbocycles. The van der Waals surface area contributed by atoms with Crippen LogP contribution in [0.5, 0.6) is 0 Å². The van der Waals surface area contributed by atoms with Gasteiger partial charge < -0.3 is 9.84 Å². The summed E-state index contributed by atoms with van der Waals surface area (Å²) in [7, 11) is -4.08. The average molecular weight is 307 g/mol. The van der Waals surface area contributed by atoms with Gasteiger partial charge in [0.05, 0.1) is 6.61 Å². The molecule has 0 radical (unpaired) electrons. The van der Waals surface area contributed by atoms with Crippen LogP contribution in [0, 0.1) is 0 Å². The van der Waals surface area contributed by atoms with Crippen molar-refractivity contribution in [2.24, 2.45) is 0 Å². The molecule has 0 bridgehead atoms. The molecule has 0 saturated heterocycles. The van der Waals surface area contributed by atoms with Crippen molar-refractivity contribution in [3.8, 4) is 0 Å². The number of carboxylic acids is 1. The maximum atomic E-state index is 12.0. The number of rotatable bonds is 6. The average Bonchev–Trinajstić information content (AvgIpc) is 2.78. The van der Waals surface area contributed by atoms with Crippen molar-refractivity contribution in [2.75, 3.05) is 6.61 Å². The van der Waals surface area contributed by atoms with Gasteiger partial charge in [0.25, 0.3) is 0 Å². The van der Waals surface area contributed by atoms with Gasteiger partial charge in [-0.2, -0.15) is 4.72 Å². The first-order valence-corrected chi connectivity index (χ1v) is 7.65. The Labute approximate surface area is 114 Å². The van der Waals surface area contributed by atoms with Crippen LogP contribution in [0.4, 0.5) is 0 Å². The van der Waals surface area contributed by atoms with Gasteiger partial charge in [0.15, 0.2) is 0 Å². The topological polar surface area (TPSA) is 110 Å². The third kappa shape index (κ3) is 3.75. The number of hydrogen-bond acceptors (Lipinski definition) is 6. The SMILES string of the molecule is CCOC(=O)C(C)NS(=O)(=O)c1ccsc1C(=O)O. The quantitative estimate of drug-likeness (QED) is 0.748. The lowest BCUT2D eigenvalue weighted by molar-refractivity contribution is -0.144. The second-order valence-electron chi connectivity index (χ2n) is 3.51. The molecule has 0 fully saturated rings. The largest absolute Gasteiger partial charge is 0.477 e. The van der Waals surface area contributed by atoms with E-state index in [-0.39, 0.29) is 16.4 Å². The van der Waals surface area contributed by atoms with Gasteiger partial charge in [0.2, 0.25) is 10.0 Å². The molecule has 106 valence electrons. The molecule has 0 aliphatic heterocycles. The molecule has 0 amide bonds. The molecule has 0 aliphatic carbocycles. The Hall–Kier alpha value is -1.45. The molecule has 1 heterocycles. The molecular weight excluding hydrogens is 294 g/mol. The molecule has 1 aromatic rings. The number of esters is 1. The van der Waals surface area contributed by atoms with Crippen molar-refractivity contribution >= 4 is 33.3 Å². The fourth-order valence-corrected chi connectivity index (χ4v) is 3.73. The molecule has 0 spiro atoms. The summed E-state index contributed by atoms with van der Waals surface area (Å²) in [5, 5.41) is 10.2. The van der Waals surface area contributed by atoms with Crippen molar-refractivity contribution in [2.45, 2.75) is 24.8 Å². The fraction of sp³-hybridized carbons (Fsp3) is 0.400. The number of carbonyl (C=O) groups excluding carboxylic acids is 1. The number of thiophene rings is 1. The Morgan fingerprint density at radius 1 is 1.53 bits per heavy atom. The van der Waals surface area contributed by atoms with Crippen molar-refractivity contribution in [3.63, 3.8) is 0 Å². The minimum atomic E-state index is -4.08. The standard InChI is InChI=1S/C10H13NO6S2/c1-3-17-10(14)6(2)11-19(15,16)7-4-5-18-8(7)9(12)13/h4-6,11H,3H2,1-2H3,(H,12,13). The number of sulfonamides is 1. The van der Waals surface area contributed by atoms with E-state index in [1.54, 1.807) is 6.92 Å². The van der Waals surface area contributed by atoms with Crippen molar-refractivity contribution in [1.29, 1.82) is 0 Å². The lowest BCUT2D eigenvalue weighted by atomic mass is 10.4. The molecular formula is C10H13NO6S2. The summed E-state index contributed by atoms with van der Waals surface area (Å²) in [6, 6.07) is 0.0837. The summed E-state index contributed by atoms with van der Waals surface area (Å²) < 4.78 is 30.7. The van der Waals surface area contributed by atoms with E-state index < -0.39 is 28.0 Å². The first-order chi connectivity index (χ1) is 8.79. The van der Waals surface area contributed by atoms with Gasteiger partial charge in [-0.15, -0.1) is 11.3 Å². The van der Waals surface area contributed by atoms with Gasteiger partial charge in [0, 0.05) is 0 Å². The van der Waals surface area contributed by atoms with E-state index >= 15 is 0 Å². The predicted molar refractivity (Wildman–Crippen MR) is 67.7 cm³/mol. The van der Waals surface area contributed by atoms with E-state index in [0.717, 1.165) is 11.3 Å². The number of aromatic carboxylic acids is 1. The Kier molecular flexibility index (Phi) is 5.04. The monoisotopic (exact) mass is 307 g/mol. The van der Waals surface area contributed by atoms with Crippen molar-refractivity contribution in [1.82, 2.24) is 4.72 Å². The van der Waals surface area contributed by atoms with Crippen LogP contribution < -0.4 is 4.72 Å². The minimum Gasteiger partial charge on any atom is -0.477 e. The Bertz CT molecular complexity index is 577. The highest BCUT2D eigenvalue weighted by Gasteiger charge is 2.27. The van der Waals surface area contributed by atoms with Gasteiger partial charge in [0.1, 0.15) is 15.8 Å². The Morgan fingerprint density at radius 2 is 2.16 bits per heavy atom. The van der Waals surface area contributed by atoms with Crippen LogP contribution in [-0.2, 0) is 19.6 Å². The maximum Gasteiger partial charge on any atom is 0.347 e. The van der Waals surface area contributed by atoms with Gasteiger partial charge >= 0.3 is 11.9 Å². The molecule has 7 nitrogen and oxygen atoms in total. The molecule has 9 heteroatoms. The zero-order valence-corrected chi connectivity index (χ0v) is 11.9. The normalized spacial score (nSPS) is 12.9. The molecule has 19 heavy (non-hydrogen) atoms. The smallest absolute Gasteiger partial charge is 0.347 e. The number of hydrogen-bond donors (Lipinski definition) is 2. The van der Waals surface area contributed by atoms with E-state index in [0.29, 0.717) is 0 Å². The summed E-state index contributed by atoms with van der Waals surface area (Å²) in [5.74, 6) is -2.06. The second-order valence-corrected chi connectivity index (χ2v) is 6.11. The van der Waals surface area contributed by atoms with Crippen molar-refractivity contribution in [3.05, 3.63) is 16.3 Å². The first-order valence-electron chi connectivity index (χ1n) is 5.29. The lowest BCUT2D eigenvalue weighted by Gasteiger charge is -2.12. The molecule has 1 aromatic heterocycles. The summed E-state index contributed by atoms with van der Waals surface area (Å²) in [4.78, 5) is 21.6. The molecule has 2 N–H and O–H groups in total. The highest BCUT2D eigenvalue weighted by molar-refractivity contribution is 7.89. The van der Waals surface area contributed by atoms with Crippen LogP contribution in [-0.4, -0.2) is 38.1 Å². The van der Waals surface area contributed by atoms with Crippen LogP contribution in [0.15, 0.2) is 16.3 Å². The third-order valence-electron chi connectivity index (χ3n) is 2.08. The molecule has 1 rings (SSSR count). The van der Waals surface area contributed by atoms with Crippen LogP contribution in [0.25, 0.3) is 0 Å². The zero-order valence-electron chi connectivity index (χ0n) is 10.2. The maximum absolute atomic E-state index is 12.0. The number of carbonyl (C=O) groups is 2. The third-order valence-corrected chi connectivity index (χ3v) is 4.70. The van der Waals surface area contributed by atoms with E-state index in [1.807, 2.05) is 0 Å². The fourth-order valence-electron chi connectivity index (χ4n) is 1.28. The van der Waals surface area contributed by atoms with E-state index in [4.69, 9.17) is 5.11 Å². The molecule has 0 aliphatic rings. The van der Waals surface area contributed by atoms with Gasteiger partial charge in [-0.1, -0.05) is 0 Å². The van der Waals surface area contributed by atoms with E-state index in [9.17, 15) is 18.0 Å². The van der Waals surface area contributed by atoms with Gasteiger partial charge in [-0.3, -0.25) is 4.79 Å². The van der Waals surface area contributed by atoms with Crippen LogP contribution in [0.1, 0.15) is 23.5 Å². The summed E-state index contributed by atoms with van der Waals surface area (Å²) in [5.41, 5.74) is 0. The first kappa shape index (κ1) is 15.6. The molecule has 1 unspecified atom stereocenters. The zero-order chi connectivity index (χ0) is 14.6. The van der Waals surface area contributed by atoms with Crippen molar-refractivity contribution < 1.29 is 27.9 Å². The predicted octanol–water partition coefficient (Wildman–Crippen LogP) is 0.676. The van der Waals surface area contributed by atoms with E-state index in [1.165, 1.54) is 18.4 Å². The van der Waals surface area contributed by atoms with Crippen LogP contribution in [0.3, 0.4) is 0 Å². The van der Waals surface area contributed by atoms with Crippen LogP contribution >= 0.6 is 11.3 Å². The number of ether oxygens (including phenoxy) is 1. The van der Waals surface area contributed by atoms with Gasteiger partial charge in [-0.25, -0.2) is 13.2 Å².